The molecule has 0 saturated carbocycles. The van der Waals surface area contributed by atoms with E-state index in [1.165, 1.54) is 5.56 Å². The van der Waals surface area contributed by atoms with E-state index in [0.717, 1.165) is 18.7 Å². The molecule has 2 rings (SSSR count). The average molecular weight is 219 g/mol. The highest BCUT2D eigenvalue weighted by Crippen LogP contribution is 2.05. The van der Waals surface area contributed by atoms with Gasteiger partial charge in [-0.25, -0.2) is 4.79 Å². The second kappa shape index (κ2) is 4.99. The maximum absolute atomic E-state index is 11.5. The summed E-state index contributed by atoms with van der Waals surface area (Å²) >= 11 is 0. The van der Waals surface area contributed by atoms with Crippen LogP contribution >= 0.6 is 0 Å². The SMILES string of the molecule is Cc1ccccc1CNC(=O)NC1CNC1. The largest absolute Gasteiger partial charge is 0.334 e. The molecule has 0 spiro atoms. The van der Waals surface area contributed by atoms with Crippen LogP contribution in [-0.4, -0.2) is 25.2 Å². The first-order valence-corrected chi connectivity index (χ1v) is 5.55. The van der Waals surface area contributed by atoms with Crippen LogP contribution in [0.2, 0.25) is 0 Å². The number of amides is 2. The van der Waals surface area contributed by atoms with Crippen molar-refractivity contribution in [2.75, 3.05) is 13.1 Å². The summed E-state index contributed by atoms with van der Waals surface area (Å²) in [6, 6.07) is 8.26. The van der Waals surface area contributed by atoms with Gasteiger partial charge in [-0.2, -0.15) is 0 Å². The van der Waals surface area contributed by atoms with Crippen LogP contribution in [0, 0.1) is 6.92 Å². The van der Waals surface area contributed by atoms with Gasteiger partial charge in [0.05, 0.1) is 6.04 Å². The van der Waals surface area contributed by atoms with E-state index in [-0.39, 0.29) is 12.1 Å². The first-order chi connectivity index (χ1) is 7.75. The quantitative estimate of drug-likeness (QED) is 0.703. The van der Waals surface area contributed by atoms with E-state index in [2.05, 4.69) is 16.0 Å². The number of urea groups is 1. The molecule has 1 aliphatic heterocycles. The van der Waals surface area contributed by atoms with Crippen LogP contribution in [0.3, 0.4) is 0 Å². The second-order valence-corrected chi connectivity index (χ2v) is 4.11. The molecule has 1 aromatic rings. The van der Waals surface area contributed by atoms with Gasteiger partial charge in [0.2, 0.25) is 0 Å². The molecular weight excluding hydrogens is 202 g/mol. The molecule has 1 fully saturated rings. The lowest BCUT2D eigenvalue weighted by Gasteiger charge is -2.27. The summed E-state index contributed by atoms with van der Waals surface area (Å²) < 4.78 is 0. The fraction of sp³-hybridized carbons (Fsp3) is 0.417. The molecule has 0 aliphatic carbocycles. The minimum absolute atomic E-state index is 0.0882. The molecule has 2 amide bonds. The number of benzene rings is 1. The van der Waals surface area contributed by atoms with Crippen molar-refractivity contribution in [2.24, 2.45) is 0 Å². The maximum Gasteiger partial charge on any atom is 0.315 e. The Labute approximate surface area is 95.4 Å². The lowest BCUT2D eigenvalue weighted by atomic mass is 10.1. The third-order valence-corrected chi connectivity index (χ3v) is 2.82. The summed E-state index contributed by atoms with van der Waals surface area (Å²) in [5, 5.41) is 8.86. The van der Waals surface area contributed by atoms with E-state index >= 15 is 0 Å². The number of carbonyl (C=O) groups is 1. The minimum atomic E-state index is -0.0882. The number of hydrogen-bond acceptors (Lipinski definition) is 2. The van der Waals surface area contributed by atoms with Crippen LogP contribution in [0.4, 0.5) is 4.79 Å². The van der Waals surface area contributed by atoms with Gasteiger partial charge in [0, 0.05) is 19.6 Å². The van der Waals surface area contributed by atoms with Crippen molar-refractivity contribution in [3.8, 4) is 0 Å². The summed E-state index contributed by atoms with van der Waals surface area (Å²) in [7, 11) is 0. The number of hydrogen-bond donors (Lipinski definition) is 3. The van der Waals surface area contributed by atoms with Crippen LogP contribution in [0.1, 0.15) is 11.1 Å². The molecule has 1 saturated heterocycles. The Morgan fingerprint density at radius 2 is 2.19 bits per heavy atom. The zero-order valence-electron chi connectivity index (χ0n) is 9.42. The monoisotopic (exact) mass is 219 g/mol. The molecule has 4 nitrogen and oxygen atoms in total. The highest BCUT2D eigenvalue weighted by atomic mass is 16.2. The van der Waals surface area contributed by atoms with Crippen molar-refractivity contribution < 1.29 is 4.79 Å². The van der Waals surface area contributed by atoms with Gasteiger partial charge in [-0.3, -0.25) is 0 Å². The Morgan fingerprint density at radius 3 is 2.81 bits per heavy atom. The Morgan fingerprint density at radius 1 is 1.44 bits per heavy atom. The Bertz CT molecular complexity index is 374. The van der Waals surface area contributed by atoms with E-state index in [4.69, 9.17) is 0 Å². The summed E-state index contributed by atoms with van der Waals surface area (Å²) in [6.07, 6.45) is 0. The molecule has 1 aromatic carbocycles. The van der Waals surface area contributed by atoms with Crippen molar-refractivity contribution in [3.63, 3.8) is 0 Å². The van der Waals surface area contributed by atoms with E-state index < -0.39 is 0 Å². The summed E-state index contributed by atoms with van der Waals surface area (Å²) in [5.74, 6) is 0. The van der Waals surface area contributed by atoms with Gasteiger partial charge in [-0.15, -0.1) is 0 Å². The minimum Gasteiger partial charge on any atom is -0.334 e. The van der Waals surface area contributed by atoms with E-state index in [0.29, 0.717) is 6.54 Å². The average Bonchev–Trinajstić information content (AvgIpc) is 2.22. The van der Waals surface area contributed by atoms with Crippen molar-refractivity contribution >= 4 is 6.03 Å². The molecule has 1 heterocycles. The number of aryl methyl sites for hydroxylation is 1. The number of rotatable bonds is 3. The molecule has 0 atom stereocenters. The van der Waals surface area contributed by atoms with E-state index in [1.54, 1.807) is 0 Å². The molecule has 4 heteroatoms. The van der Waals surface area contributed by atoms with Gasteiger partial charge in [0.15, 0.2) is 0 Å². The van der Waals surface area contributed by atoms with Crippen LogP contribution < -0.4 is 16.0 Å². The standard InChI is InChI=1S/C12H17N3O/c1-9-4-2-3-5-10(9)6-14-12(16)15-11-7-13-8-11/h2-5,11,13H,6-8H2,1H3,(H2,14,15,16). The Balaban J connectivity index is 1.78. The fourth-order valence-corrected chi connectivity index (χ4v) is 1.61. The van der Waals surface area contributed by atoms with Gasteiger partial charge in [0.25, 0.3) is 0 Å². The fourth-order valence-electron chi connectivity index (χ4n) is 1.61. The summed E-state index contributed by atoms with van der Waals surface area (Å²) in [5.41, 5.74) is 2.36. The van der Waals surface area contributed by atoms with Crippen molar-refractivity contribution in [1.29, 1.82) is 0 Å². The van der Waals surface area contributed by atoms with Crippen LogP contribution in [0.25, 0.3) is 0 Å². The highest BCUT2D eigenvalue weighted by molar-refractivity contribution is 5.74. The van der Waals surface area contributed by atoms with Crippen LogP contribution in [-0.2, 0) is 6.54 Å². The predicted molar refractivity (Wildman–Crippen MR) is 63.2 cm³/mol. The van der Waals surface area contributed by atoms with E-state index in [9.17, 15) is 4.79 Å². The molecule has 86 valence electrons. The van der Waals surface area contributed by atoms with Crippen LogP contribution in [0.5, 0.6) is 0 Å². The maximum atomic E-state index is 11.5. The van der Waals surface area contributed by atoms with Gasteiger partial charge in [-0.1, -0.05) is 24.3 Å². The topological polar surface area (TPSA) is 53.2 Å². The first-order valence-electron chi connectivity index (χ1n) is 5.55. The van der Waals surface area contributed by atoms with Gasteiger partial charge >= 0.3 is 6.03 Å². The molecule has 16 heavy (non-hydrogen) atoms. The smallest absolute Gasteiger partial charge is 0.315 e. The third-order valence-electron chi connectivity index (χ3n) is 2.82. The molecule has 0 unspecified atom stereocenters. The summed E-state index contributed by atoms with van der Waals surface area (Å²) in [4.78, 5) is 11.5. The molecule has 0 aromatic heterocycles. The number of nitrogens with one attached hydrogen (secondary N) is 3. The zero-order valence-corrected chi connectivity index (χ0v) is 9.42. The normalized spacial score (nSPS) is 15.3. The third kappa shape index (κ3) is 2.73. The van der Waals surface area contributed by atoms with Crippen molar-refractivity contribution in [3.05, 3.63) is 35.4 Å². The first kappa shape index (κ1) is 11.0. The second-order valence-electron chi connectivity index (χ2n) is 4.11. The molecule has 0 bridgehead atoms. The van der Waals surface area contributed by atoms with Gasteiger partial charge < -0.3 is 16.0 Å². The highest BCUT2D eigenvalue weighted by Gasteiger charge is 2.18. The molecule has 1 aliphatic rings. The van der Waals surface area contributed by atoms with Crippen molar-refractivity contribution in [2.45, 2.75) is 19.5 Å². The van der Waals surface area contributed by atoms with Gasteiger partial charge in [0.1, 0.15) is 0 Å². The molecular formula is C12H17N3O. The number of carbonyl (C=O) groups excluding carboxylic acids is 1. The zero-order chi connectivity index (χ0) is 11.4. The van der Waals surface area contributed by atoms with Crippen LogP contribution in [0.15, 0.2) is 24.3 Å². The van der Waals surface area contributed by atoms with E-state index in [1.807, 2.05) is 31.2 Å². The predicted octanol–water partition coefficient (Wildman–Crippen LogP) is 0.766. The summed E-state index contributed by atoms with van der Waals surface area (Å²) in [6.45, 7) is 4.37. The lowest BCUT2D eigenvalue weighted by molar-refractivity contribution is 0.231. The van der Waals surface area contributed by atoms with Crippen molar-refractivity contribution in [1.82, 2.24) is 16.0 Å². The Hall–Kier alpha value is -1.55. The Kier molecular flexibility index (Phi) is 3.41. The van der Waals surface area contributed by atoms with Gasteiger partial charge in [-0.05, 0) is 18.1 Å². The molecule has 3 N–H and O–H groups in total. The lowest BCUT2D eigenvalue weighted by Crippen LogP contribution is -2.58. The molecule has 0 radical (unpaired) electrons.